The number of amides is 2. The number of likely N-dealkylation sites (tertiary alicyclic amines) is 1. The summed E-state index contributed by atoms with van der Waals surface area (Å²) in [6, 6.07) is 18.6. The largest absolute Gasteiger partial charge is 0.331 e. The van der Waals surface area contributed by atoms with Gasteiger partial charge < -0.3 is 4.90 Å². The van der Waals surface area contributed by atoms with E-state index in [4.69, 9.17) is 0 Å². The predicted octanol–water partition coefficient (Wildman–Crippen LogP) is 3.26. The van der Waals surface area contributed by atoms with E-state index in [9.17, 15) is 19.6 Å². The number of nitrogens with zero attached hydrogens (tertiary/aromatic N) is 4. The Morgan fingerprint density at radius 3 is 2.26 bits per heavy atom. The number of Topliss-reactive ketones (excluding diaryl/α,β-unsaturated/α-hetero) is 1. The first-order chi connectivity index (χ1) is 16.1. The van der Waals surface area contributed by atoms with E-state index >= 15 is 0 Å². The molecule has 2 amide bonds. The average Bonchev–Trinajstić information content (AvgIpc) is 3.24. The van der Waals surface area contributed by atoms with E-state index in [1.54, 1.807) is 36.1 Å². The van der Waals surface area contributed by atoms with Gasteiger partial charge in [-0.3, -0.25) is 14.4 Å². The molecule has 3 atom stereocenters. The molecule has 2 aromatic carbocycles. The van der Waals surface area contributed by atoms with E-state index in [0.29, 0.717) is 17.8 Å². The van der Waals surface area contributed by atoms with Gasteiger partial charge in [-0.25, -0.2) is 5.01 Å². The Labute approximate surface area is 198 Å². The number of nitriles is 1. The third-order valence-electron chi connectivity index (χ3n) is 7.45. The number of carbonyl (C=O) groups is 3. The van der Waals surface area contributed by atoms with Crippen molar-refractivity contribution in [2.45, 2.75) is 45.7 Å². The zero-order chi connectivity index (χ0) is 24.5. The second-order valence-electron chi connectivity index (χ2n) is 10.4. The smallest absolute Gasteiger partial charge is 0.291 e. The molecule has 0 aromatic heterocycles. The van der Waals surface area contributed by atoms with Crippen LogP contribution in [0.2, 0.25) is 0 Å². The highest BCUT2D eigenvalue weighted by Crippen LogP contribution is 2.79. The number of fused-ring (bicyclic) bond motifs is 1. The molecule has 0 radical (unpaired) electrons. The van der Waals surface area contributed by atoms with E-state index in [1.807, 2.05) is 51.1 Å². The number of ketones is 1. The maximum atomic E-state index is 14.0. The molecule has 1 aliphatic carbocycles. The van der Waals surface area contributed by atoms with E-state index in [0.717, 1.165) is 11.1 Å². The Bertz CT molecular complexity index is 1290. The fourth-order valence-corrected chi connectivity index (χ4v) is 5.95. The van der Waals surface area contributed by atoms with Crippen LogP contribution in [-0.4, -0.2) is 45.3 Å². The highest BCUT2D eigenvalue weighted by molar-refractivity contribution is 6.45. The molecule has 1 saturated carbocycles. The van der Waals surface area contributed by atoms with Gasteiger partial charge in [-0.05, 0) is 51.0 Å². The third-order valence-corrected chi connectivity index (χ3v) is 7.45. The molecule has 2 aliphatic heterocycles. The van der Waals surface area contributed by atoms with Crippen molar-refractivity contribution in [1.29, 1.82) is 5.26 Å². The Morgan fingerprint density at radius 1 is 1.06 bits per heavy atom. The summed E-state index contributed by atoms with van der Waals surface area (Å²) in [4.78, 5) is 42.5. The van der Waals surface area contributed by atoms with E-state index in [1.165, 1.54) is 5.01 Å². The van der Waals surface area contributed by atoms with Gasteiger partial charge in [0, 0.05) is 19.0 Å². The first-order valence-corrected chi connectivity index (χ1v) is 11.4. The van der Waals surface area contributed by atoms with Crippen LogP contribution >= 0.6 is 0 Å². The molecule has 0 bridgehead atoms. The molecule has 0 N–H and O–H groups in total. The summed E-state index contributed by atoms with van der Waals surface area (Å²) in [6.07, 6.45) is 0. The van der Waals surface area contributed by atoms with Crippen LogP contribution in [-0.2, 0) is 20.9 Å². The van der Waals surface area contributed by atoms with Gasteiger partial charge in [0.15, 0.2) is 0 Å². The summed E-state index contributed by atoms with van der Waals surface area (Å²) in [5, 5.41) is 15.3. The summed E-state index contributed by atoms with van der Waals surface area (Å²) in [5.74, 6) is -1.85. The number of rotatable bonds is 3. The summed E-state index contributed by atoms with van der Waals surface area (Å²) < 4.78 is 0. The summed E-state index contributed by atoms with van der Waals surface area (Å²) in [7, 11) is 0. The number of carbonyl (C=O) groups excluding carboxylic acids is 3. The number of hydrazone groups is 1. The minimum Gasteiger partial charge on any atom is -0.331 e. The molecule has 3 aliphatic rings. The summed E-state index contributed by atoms with van der Waals surface area (Å²) in [5.41, 5.74) is -0.248. The Hall–Kier alpha value is -3.79. The van der Waals surface area contributed by atoms with Crippen molar-refractivity contribution < 1.29 is 14.4 Å². The maximum Gasteiger partial charge on any atom is 0.291 e. The molecule has 34 heavy (non-hydrogen) atoms. The highest BCUT2D eigenvalue weighted by Gasteiger charge is 2.90. The van der Waals surface area contributed by atoms with Gasteiger partial charge in [-0.15, -0.1) is 0 Å². The van der Waals surface area contributed by atoms with Crippen molar-refractivity contribution in [3.63, 3.8) is 0 Å². The van der Waals surface area contributed by atoms with Gasteiger partial charge in [0.2, 0.25) is 5.78 Å². The molecule has 7 heteroatoms. The van der Waals surface area contributed by atoms with Gasteiger partial charge >= 0.3 is 0 Å². The van der Waals surface area contributed by atoms with Crippen molar-refractivity contribution in [2.75, 3.05) is 6.54 Å². The molecule has 2 fully saturated rings. The van der Waals surface area contributed by atoms with Crippen LogP contribution in [0.4, 0.5) is 0 Å². The third kappa shape index (κ3) is 2.68. The number of hydrogen-bond acceptors (Lipinski definition) is 5. The molecule has 5 rings (SSSR count). The zero-order valence-electron chi connectivity index (χ0n) is 19.7. The second kappa shape index (κ2) is 7.10. The van der Waals surface area contributed by atoms with Crippen molar-refractivity contribution in [3.05, 3.63) is 71.3 Å². The van der Waals surface area contributed by atoms with E-state index in [-0.39, 0.29) is 12.5 Å². The number of benzene rings is 2. The van der Waals surface area contributed by atoms with Gasteiger partial charge in [-0.2, -0.15) is 10.4 Å². The molecule has 7 nitrogen and oxygen atoms in total. The quantitative estimate of drug-likeness (QED) is 0.666. The lowest BCUT2D eigenvalue weighted by Gasteiger charge is -2.29. The van der Waals surface area contributed by atoms with Gasteiger partial charge in [0.05, 0.1) is 28.3 Å². The van der Waals surface area contributed by atoms with Crippen molar-refractivity contribution in [1.82, 2.24) is 9.91 Å². The predicted molar refractivity (Wildman–Crippen MR) is 125 cm³/mol. The van der Waals surface area contributed by atoms with E-state index in [2.05, 4.69) is 11.2 Å². The van der Waals surface area contributed by atoms with Crippen LogP contribution in [0.1, 0.15) is 50.3 Å². The molecular weight excluding hydrogens is 428 g/mol. The SMILES string of the molecule is CC1=NN(C(C)(C)C)C(=O)C12[C@@H](c1ccc(C#N)cc1)C21CN(Cc2ccccc2)C(=O)C1=O. The lowest BCUT2D eigenvalue weighted by Crippen LogP contribution is -2.44. The second-order valence-corrected chi connectivity index (χ2v) is 10.4. The van der Waals surface area contributed by atoms with Crippen LogP contribution in [0.15, 0.2) is 59.7 Å². The van der Waals surface area contributed by atoms with Gasteiger partial charge in [0.1, 0.15) is 5.41 Å². The van der Waals surface area contributed by atoms with Crippen LogP contribution in [0.5, 0.6) is 0 Å². The zero-order valence-corrected chi connectivity index (χ0v) is 19.7. The van der Waals surface area contributed by atoms with Gasteiger partial charge in [-0.1, -0.05) is 42.5 Å². The molecule has 2 heterocycles. The lowest BCUT2D eigenvalue weighted by molar-refractivity contribution is -0.143. The normalized spacial score (nSPS) is 28.1. The van der Waals surface area contributed by atoms with Crippen molar-refractivity contribution >= 4 is 23.3 Å². The Morgan fingerprint density at radius 2 is 1.71 bits per heavy atom. The summed E-state index contributed by atoms with van der Waals surface area (Å²) >= 11 is 0. The Balaban J connectivity index is 1.62. The fraction of sp³-hybridized carbons (Fsp3) is 0.370. The van der Waals surface area contributed by atoms with Crippen LogP contribution in [0.3, 0.4) is 0 Å². The van der Waals surface area contributed by atoms with Crippen LogP contribution in [0, 0.1) is 22.2 Å². The minimum absolute atomic E-state index is 0.154. The first-order valence-electron chi connectivity index (χ1n) is 11.4. The topological polar surface area (TPSA) is 93.8 Å². The number of hydrogen-bond donors (Lipinski definition) is 0. The molecule has 1 saturated heterocycles. The van der Waals surface area contributed by atoms with E-state index < -0.39 is 34.0 Å². The molecule has 172 valence electrons. The first kappa shape index (κ1) is 22.0. The van der Waals surface area contributed by atoms with Crippen molar-refractivity contribution in [3.8, 4) is 6.07 Å². The standard InChI is InChI=1S/C27H26N4O3/c1-17-27(24(34)31(29-17)25(2,3)4)21(20-12-10-18(14-28)11-13-20)26(27)16-30(23(33)22(26)32)15-19-8-6-5-7-9-19/h5-13,21H,15-16H2,1-4H3/t21-,26?,27?/m0/s1. The molecule has 2 spiro atoms. The fourth-order valence-electron chi connectivity index (χ4n) is 5.95. The maximum absolute atomic E-state index is 14.0. The average molecular weight is 455 g/mol. The van der Waals surface area contributed by atoms with Crippen molar-refractivity contribution in [2.24, 2.45) is 15.9 Å². The summed E-state index contributed by atoms with van der Waals surface area (Å²) in [6.45, 7) is 7.94. The molecule has 2 aromatic rings. The minimum atomic E-state index is -1.21. The van der Waals surface area contributed by atoms with Crippen LogP contribution in [0.25, 0.3) is 0 Å². The van der Waals surface area contributed by atoms with Crippen LogP contribution < -0.4 is 0 Å². The monoisotopic (exact) mass is 454 g/mol. The molecule has 2 unspecified atom stereocenters. The lowest BCUT2D eigenvalue weighted by atomic mass is 9.86. The van der Waals surface area contributed by atoms with Gasteiger partial charge in [0.25, 0.3) is 11.8 Å². The molecular formula is C27H26N4O3. The Kier molecular flexibility index (Phi) is 4.60. The highest BCUT2D eigenvalue weighted by atomic mass is 16.2.